The topological polar surface area (TPSA) is 35.6 Å². The number of carbonyl (C=O) groups is 1. The molecule has 4 nitrogen and oxygen atoms in total. The fraction of sp³-hybridized carbons (Fsp3) is 0.909. The largest absolute Gasteiger partial charge is 0.329 e. The van der Waals surface area contributed by atoms with Crippen LogP contribution in [0.15, 0.2) is 11.8 Å². The maximum atomic E-state index is 13.9. The van der Waals surface area contributed by atoms with E-state index in [0.717, 1.165) is 45.3 Å². The van der Waals surface area contributed by atoms with E-state index in [1.54, 1.807) is 0 Å². The van der Waals surface area contributed by atoms with Crippen molar-refractivity contribution in [2.45, 2.75) is 161 Å². The third kappa shape index (κ3) is 12.7. The number of allylic oxidation sites excluding steroid dienone is 2. The monoisotopic (exact) mass is 517 g/mol. The van der Waals surface area contributed by atoms with Crippen LogP contribution in [-0.2, 0) is 4.79 Å². The summed E-state index contributed by atoms with van der Waals surface area (Å²) in [5.41, 5.74) is 1.18. The molecule has 1 saturated heterocycles. The van der Waals surface area contributed by atoms with E-state index < -0.39 is 0 Å². The van der Waals surface area contributed by atoms with Crippen molar-refractivity contribution in [3.05, 3.63) is 11.8 Å². The molecule has 1 N–H and O–H groups in total. The van der Waals surface area contributed by atoms with E-state index in [2.05, 4.69) is 49.0 Å². The highest BCUT2D eigenvalue weighted by atomic mass is 16.2. The van der Waals surface area contributed by atoms with Gasteiger partial charge in [0.25, 0.3) is 0 Å². The highest BCUT2D eigenvalue weighted by Gasteiger charge is 2.37. The third-order valence-electron chi connectivity index (χ3n) is 9.17. The lowest BCUT2D eigenvalue weighted by atomic mass is 9.86. The number of unbranched alkanes of at least 4 members (excludes halogenated alkanes) is 10. The Labute approximate surface area is 231 Å². The summed E-state index contributed by atoms with van der Waals surface area (Å²) in [7, 11) is 2.30. The minimum Gasteiger partial charge on any atom is -0.329 e. The normalized spacial score (nSPS) is 18.4. The van der Waals surface area contributed by atoms with Crippen molar-refractivity contribution in [1.82, 2.24) is 15.1 Å². The molecular weight excluding hydrogens is 454 g/mol. The van der Waals surface area contributed by atoms with Crippen LogP contribution in [0.5, 0.6) is 0 Å². The molecule has 0 radical (unpaired) electrons. The molecule has 1 aliphatic carbocycles. The van der Waals surface area contributed by atoms with Crippen molar-refractivity contribution in [2.75, 3.05) is 26.7 Å². The zero-order chi connectivity index (χ0) is 26.7. The molecule has 216 valence electrons. The molecule has 2 rings (SSSR count). The van der Waals surface area contributed by atoms with Crippen LogP contribution in [-0.4, -0.2) is 54.5 Å². The molecular formula is C33H63N3O. The van der Waals surface area contributed by atoms with Gasteiger partial charge in [-0.15, -0.1) is 0 Å². The zero-order valence-electron chi connectivity index (χ0n) is 25.4. The lowest BCUT2D eigenvalue weighted by Gasteiger charge is -2.42. The highest BCUT2D eigenvalue weighted by molar-refractivity contribution is 5.83. The molecule has 1 amide bonds. The van der Waals surface area contributed by atoms with E-state index in [1.807, 2.05) is 0 Å². The van der Waals surface area contributed by atoms with Gasteiger partial charge in [-0.1, -0.05) is 104 Å². The van der Waals surface area contributed by atoms with Gasteiger partial charge in [0.15, 0.2) is 0 Å². The standard InChI is InChI=1S/C33H63N3O/c1-5-8-10-12-14-19-23-31(24-20-15-13-11-9-6-2)35(4)32(29-25-27-36(7-3)28-26-29)33(37)34-30-21-17-16-18-22-30/h21,29,31-32H,5-20,22-28H2,1-4H3,(H,34,37). The lowest BCUT2D eigenvalue weighted by molar-refractivity contribution is -0.129. The molecule has 0 aromatic rings. The molecule has 0 aromatic carbocycles. The number of likely N-dealkylation sites (tertiary alicyclic amines) is 1. The SMILES string of the molecule is CCCCCCCCC(CCCCCCCC)N(C)C(C(=O)NC1=CCCCC1)C1CCN(CC)CC1. The van der Waals surface area contributed by atoms with Crippen LogP contribution in [0, 0.1) is 5.92 Å². The van der Waals surface area contributed by atoms with Gasteiger partial charge >= 0.3 is 0 Å². The molecule has 1 aliphatic heterocycles. The second kappa shape index (κ2) is 20.1. The predicted molar refractivity (Wildman–Crippen MR) is 161 cm³/mol. The summed E-state index contributed by atoms with van der Waals surface area (Å²) < 4.78 is 0. The second-order valence-corrected chi connectivity index (χ2v) is 12.1. The Morgan fingerprint density at radius 1 is 0.892 bits per heavy atom. The molecule has 1 heterocycles. The Bertz CT molecular complexity index is 595. The summed E-state index contributed by atoms with van der Waals surface area (Å²) in [5.74, 6) is 0.745. The number of hydrogen-bond acceptors (Lipinski definition) is 3. The van der Waals surface area contributed by atoms with Crippen molar-refractivity contribution in [3.8, 4) is 0 Å². The van der Waals surface area contributed by atoms with Crippen LogP contribution in [0.1, 0.15) is 149 Å². The summed E-state index contributed by atoms with van der Waals surface area (Å²) in [6.45, 7) is 10.3. The van der Waals surface area contributed by atoms with Gasteiger partial charge in [-0.05, 0) is 84.0 Å². The van der Waals surface area contributed by atoms with Crippen molar-refractivity contribution < 1.29 is 4.79 Å². The maximum Gasteiger partial charge on any atom is 0.241 e. The number of carbonyl (C=O) groups excluding carboxylic acids is 1. The molecule has 1 fully saturated rings. The van der Waals surface area contributed by atoms with Gasteiger partial charge in [-0.3, -0.25) is 9.69 Å². The van der Waals surface area contributed by atoms with Crippen LogP contribution in [0.25, 0.3) is 0 Å². The van der Waals surface area contributed by atoms with Crippen LogP contribution in [0.4, 0.5) is 0 Å². The van der Waals surface area contributed by atoms with E-state index in [9.17, 15) is 4.79 Å². The van der Waals surface area contributed by atoms with Gasteiger partial charge in [-0.25, -0.2) is 0 Å². The van der Waals surface area contributed by atoms with Gasteiger partial charge in [-0.2, -0.15) is 0 Å². The quantitative estimate of drug-likeness (QED) is 0.165. The first-order chi connectivity index (χ1) is 18.1. The summed E-state index contributed by atoms with van der Waals surface area (Å²) in [6, 6.07) is 0.532. The number of rotatable bonds is 20. The molecule has 4 heteroatoms. The average molecular weight is 518 g/mol. The Kier molecular flexibility index (Phi) is 17.6. The van der Waals surface area contributed by atoms with Crippen molar-refractivity contribution in [2.24, 2.45) is 5.92 Å². The van der Waals surface area contributed by atoms with Gasteiger partial charge < -0.3 is 10.2 Å². The second-order valence-electron chi connectivity index (χ2n) is 12.1. The first-order valence-corrected chi connectivity index (χ1v) is 16.5. The Balaban J connectivity index is 2.07. The van der Waals surface area contributed by atoms with Gasteiger partial charge in [0.05, 0.1) is 6.04 Å². The molecule has 1 atom stereocenters. The summed E-state index contributed by atoms with van der Waals surface area (Å²) in [5, 5.41) is 3.43. The van der Waals surface area contributed by atoms with Crippen LogP contribution >= 0.6 is 0 Å². The van der Waals surface area contributed by atoms with E-state index in [-0.39, 0.29) is 11.9 Å². The van der Waals surface area contributed by atoms with E-state index in [1.165, 1.54) is 108 Å². The summed E-state index contributed by atoms with van der Waals surface area (Å²) >= 11 is 0. The van der Waals surface area contributed by atoms with Crippen molar-refractivity contribution >= 4 is 5.91 Å². The Hall–Kier alpha value is -0.870. The molecule has 0 bridgehead atoms. The Morgan fingerprint density at radius 2 is 1.46 bits per heavy atom. The van der Waals surface area contributed by atoms with E-state index >= 15 is 0 Å². The van der Waals surface area contributed by atoms with Crippen molar-refractivity contribution in [3.63, 3.8) is 0 Å². The van der Waals surface area contributed by atoms with Gasteiger partial charge in [0, 0.05) is 11.7 Å². The van der Waals surface area contributed by atoms with Gasteiger partial charge in [0.2, 0.25) is 5.91 Å². The molecule has 0 saturated carbocycles. The minimum atomic E-state index is 0.00650. The van der Waals surface area contributed by atoms with E-state index in [0.29, 0.717) is 12.0 Å². The number of hydrogen-bond donors (Lipinski definition) is 1. The smallest absolute Gasteiger partial charge is 0.241 e. The summed E-state index contributed by atoms with van der Waals surface area (Å²) in [6.07, 6.45) is 27.9. The van der Waals surface area contributed by atoms with E-state index in [4.69, 9.17) is 0 Å². The highest BCUT2D eigenvalue weighted by Crippen LogP contribution is 2.29. The maximum absolute atomic E-state index is 13.9. The Morgan fingerprint density at radius 3 is 1.97 bits per heavy atom. The predicted octanol–water partition coefficient (Wildman–Crippen LogP) is 8.46. The van der Waals surface area contributed by atoms with Crippen LogP contribution in [0.2, 0.25) is 0 Å². The van der Waals surface area contributed by atoms with Gasteiger partial charge in [0.1, 0.15) is 0 Å². The first kappa shape index (κ1) is 32.3. The summed E-state index contributed by atoms with van der Waals surface area (Å²) in [4.78, 5) is 19.0. The fourth-order valence-electron chi connectivity index (χ4n) is 6.60. The minimum absolute atomic E-state index is 0.00650. The number of likely N-dealkylation sites (N-methyl/N-ethyl adjacent to an activating group) is 1. The number of piperidine rings is 1. The number of nitrogens with one attached hydrogen (secondary N) is 1. The third-order valence-corrected chi connectivity index (χ3v) is 9.17. The first-order valence-electron chi connectivity index (χ1n) is 16.5. The zero-order valence-corrected chi connectivity index (χ0v) is 25.4. The van der Waals surface area contributed by atoms with Crippen LogP contribution < -0.4 is 5.32 Å². The molecule has 0 aromatic heterocycles. The fourth-order valence-corrected chi connectivity index (χ4v) is 6.60. The average Bonchev–Trinajstić information content (AvgIpc) is 2.92. The molecule has 37 heavy (non-hydrogen) atoms. The molecule has 2 aliphatic rings. The molecule has 1 unspecified atom stereocenters. The number of nitrogens with zero attached hydrogens (tertiary/aromatic N) is 2. The molecule has 0 spiro atoms. The lowest BCUT2D eigenvalue weighted by Crippen LogP contribution is -2.55. The number of amides is 1. The van der Waals surface area contributed by atoms with Crippen LogP contribution in [0.3, 0.4) is 0 Å². The van der Waals surface area contributed by atoms with Crippen molar-refractivity contribution in [1.29, 1.82) is 0 Å².